The molecule has 19 heavy (non-hydrogen) atoms. The number of thiol groups is 1. The summed E-state index contributed by atoms with van der Waals surface area (Å²) in [5, 5.41) is 27.7. The van der Waals surface area contributed by atoms with Gasteiger partial charge in [0.15, 0.2) is 0 Å². The number of aromatic hydroxyl groups is 1. The van der Waals surface area contributed by atoms with E-state index in [0.717, 1.165) is 0 Å². The zero-order chi connectivity index (χ0) is 14.9. The van der Waals surface area contributed by atoms with Gasteiger partial charge in [-0.25, -0.2) is 14.4 Å². The zero-order valence-corrected chi connectivity index (χ0v) is 10.8. The van der Waals surface area contributed by atoms with Crippen LogP contribution in [0.1, 0.15) is 42.2 Å². The molecule has 0 spiro atoms. The van der Waals surface area contributed by atoms with Crippen LogP contribution in [0.3, 0.4) is 0 Å². The first-order valence-electron chi connectivity index (χ1n) is 4.92. The highest BCUT2D eigenvalue weighted by atomic mass is 32.1. The molecule has 0 amide bonds. The van der Waals surface area contributed by atoms with E-state index in [4.69, 9.17) is 10.2 Å². The predicted molar refractivity (Wildman–Crippen MR) is 65.9 cm³/mol. The maximum Gasteiger partial charge on any atom is 0.350 e. The van der Waals surface area contributed by atoms with E-state index in [9.17, 15) is 19.5 Å². The number of benzene rings is 1. The van der Waals surface area contributed by atoms with Gasteiger partial charge in [-0.15, -0.1) is 0 Å². The Hall–Kier alpha value is -2.22. The highest BCUT2D eigenvalue weighted by Crippen LogP contribution is 2.33. The molecule has 0 atom stereocenters. The number of carbonyl (C=O) groups excluding carboxylic acids is 1. The molecule has 3 N–H and O–H groups in total. The molecule has 0 aliphatic rings. The van der Waals surface area contributed by atoms with Crippen molar-refractivity contribution in [2.45, 2.75) is 13.8 Å². The molecule has 8 heteroatoms. The van der Waals surface area contributed by atoms with E-state index in [0.29, 0.717) is 0 Å². The fraction of sp³-hybridized carbons (Fsp3) is 0.182. The minimum atomic E-state index is -1.55. The third kappa shape index (κ3) is 2.34. The Morgan fingerprint density at radius 1 is 0.947 bits per heavy atom. The second-order valence-corrected chi connectivity index (χ2v) is 3.90. The summed E-state index contributed by atoms with van der Waals surface area (Å²) in [6.45, 7) is 2.53. The van der Waals surface area contributed by atoms with E-state index in [1.165, 1.54) is 13.8 Å². The number of hydrogen-bond acceptors (Lipinski definition) is 6. The van der Waals surface area contributed by atoms with Crippen LogP contribution in [0, 0.1) is 13.8 Å². The first-order chi connectivity index (χ1) is 8.73. The van der Waals surface area contributed by atoms with Gasteiger partial charge >= 0.3 is 17.9 Å². The molecule has 0 aliphatic carbocycles. The summed E-state index contributed by atoms with van der Waals surface area (Å²) in [6, 6.07) is 0. The second kappa shape index (κ2) is 5.19. The van der Waals surface area contributed by atoms with Gasteiger partial charge in [-0.3, -0.25) is 0 Å². The van der Waals surface area contributed by atoms with Crippen molar-refractivity contribution in [1.82, 2.24) is 0 Å². The lowest BCUT2D eigenvalue weighted by Gasteiger charge is -2.15. The quantitative estimate of drug-likeness (QED) is 0.489. The highest BCUT2D eigenvalue weighted by molar-refractivity contribution is 7.75. The second-order valence-electron chi connectivity index (χ2n) is 3.71. The third-order valence-corrected chi connectivity index (χ3v) is 2.85. The minimum absolute atomic E-state index is 0.0912. The van der Waals surface area contributed by atoms with Crippen molar-refractivity contribution in [2.24, 2.45) is 0 Å². The summed E-state index contributed by atoms with van der Waals surface area (Å²) < 4.78 is 4.20. The van der Waals surface area contributed by atoms with Gasteiger partial charge in [-0.2, -0.15) is 0 Å². The SMILES string of the molecule is Cc1c(C(=O)OS)c(C)c(C(=O)O)c(O)c1C(=O)O. The molecule has 0 heterocycles. The third-order valence-electron chi connectivity index (χ3n) is 2.69. The average molecular weight is 286 g/mol. The normalized spacial score (nSPS) is 10.1. The maximum atomic E-state index is 11.5. The van der Waals surface area contributed by atoms with E-state index in [1.807, 2.05) is 0 Å². The maximum absolute atomic E-state index is 11.5. The van der Waals surface area contributed by atoms with Crippen LogP contribution in [-0.2, 0) is 4.18 Å². The van der Waals surface area contributed by atoms with Crippen molar-refractivity contribution in [3.05, 3.63) is 27.8 Å². The van der Waals surface area contributed by atoms with E-state index < -0.39 is 34.8 Å². The Bertz CT molecular complexity index is 550. The predicted octanol–water partition coefficient (Wildman–Crippen LogP) is 1.41. The molecule has 1 aromatic carbocycles. The van der Waals surface area contributed by atoms with Crippen LogP contribution in [0.5, 0.6) is 5.75 Å². The van der Waals surface area contributed by atoms with Crippen molar-refractivity contribution in [3.63, 3.8) is 0 Å². The van der Waals surface area contributed by atoms with E-state index in [2.05, 4.69) is 17.1 Å². The van der Waals surface area contributed by atoms with E-state index in [1.54, 1.807) is 0 Å². The summed E-state index contributed by atoms with van der Waals surface area (Å²) in [7, 11) is 0. The van der Waals surface area contributed by atoms with Crippen molar-refractivity contribution in [3.8, 4) is 5.75 Å². The van der Waals surface area contributed by atoms with Crippen molar-refractivity contribution < 1.29 is 33.9 Å². The Morgan fingerprint density at radius 2 is 1.32 bits per heavy atom. The molecule has 1 rings (SSSR count). The molecule has 0 bridgehead atoms. The molecule has 0 fully saturated rings. The fourth-order valence-electron chi connectivity index (χ4n) is 1.89. The zero-order valence-electron chi connectivity index (χ0n) is 9.92. The van der Waals surface area contributed by atoms with Gasteiger partial charge in [-0.05, 0) is 25.0 Å². The van der Waals surface area contributed by atoms with Crippen LogP contribution < -0.4 is 0 Å². The summed E-state index contributed by atoms with van der Waals surface area (Å²) >= 11 is 3.31. The Morgan fingerprint density at radius 3 is 1.58 bits per heavy atom. The van der Waals surface area contributed by atoms with Gasteiger partial charge < -0.3 is 19.5 Å². The number of phenols is 1. The molecule has 102 valence electrons. The molecule has 0 saturated heterocycles. The number of aromatic carboxylic acids is 2. The monoisotopic (exact) mass is 286 g/mol. The molecule has 1 aromatic rings. The fourth-order valence-corrected chi connectivity index (χ4v) is 1.98. The molecule has 0 radical (unpaired) electrons. The first kappa shape index (κ1) is 14.8. The molecule has 0 aromatic heterocycles. The topological polar surface area (TPSA) is 121 Å². The summed E-state index contributed by atoms with van der Waals surface area (Å²) in [5.41, 5.74) is -1.74. The van der Waals surface area contributed by atoms with Crippen LogP contribution in [0.25, 0.3) is 0 Å². The van der Waals surface area contributed by atoms with Crippen LogP contribution in [0.2, 0.25) is 0 Å². The molecular weight excluding hydrogens is 276 g/mol. The summed E-state index contributed by atoms with van der Waals surface area (Å²) in [6.07, 6.45) is 0. The van der Waals surface area contributed by atoms with Crippen LogP contribution in [0.4, 0.5) is 0 Å². The van der Waals surface area contributed by atoms with Crippen molar-refractivity contribution in [1.29, 1.82) is 0 Å². The van der Waals surface area contributed by atoms with Gasteiger partial charge in [0.2, 0.25) is 0 Å². The Labute approximate surface area is 113 Å². The molecule has 0 aliphatic heterocycles. The lowest BCUT2D eigenvalue weighted by molar-refractivity contribution is 0.0690. The van der Waals surface area contributed by atoms with Gasteiger partial charge in [0.25, 0.3) is 0 Å². The average Bonchev–Trinajstić information content (AvgIpc) is 2.26. The van der Waals surface area contributed by atoms with Crippen molar-refractivity contribution >= 4 is 30.8 Å². The number of carboxylic acids is 2. The Balaban J connectivity index is 3.90. The highest BCUT2D eigenvalue weighted by Gasteiger charge is 2.29. The molecule has 0 saturated carbocycles. The molecule has 7 nitrogen and oxygen atoms in total. The minimum Gasteiger partial charge on any atom is -0.506 e. The number of rotatable bonds is 3. The van der Waals surface area contributed by atoms with Gasteiger partial charge in [0.1, 0.15) is 16.9 Å². The smallest absolute Gasteiger partial charge is 0.350 e. The lowest BCUT2D eigenvalue weighted by atomic mass is 9.91. The van der Waals surface area contributed by atoms with Gasteiger partial charge in [0, 0.05) is 12.9 Å². The van der Waals surface area contributed by atoms with Crippen LogP contribution >= 0.6 is 12.9 Å². The summed E-state index contributed by atoms with van der Waals surface area (Å²) in [4.78, 5) is 33.7. The largest absolute Gasteiger partial charge is 0.506 e. The Kier molecular flexibility index (Phi) is 4.05. The number of hydrogen-bond donors (Lipinski definition) is 4. The summed E-state index contributed by atoms with van der Waals surface area (Å²) in [5.74, 6) is -4.99. The first-order valence-corrected chi connectivity index (χ1v) is 5.29. The number of carboxylic acid groups (broad SMARTS) is 2. The van der Waals surface area contributed by atoms with E-state index in [-0.39, 0.29) is 16.7 Å². The van der Waals surface area contributed by atoms with Crippen molar-refractivity contribution in [2.75, 3.05) is 0 Å². The van der Waals surface area contributed by atoms with Gasteiger partial charge in [-0.1, -0.05) is 0 Å². The molecule has 0 unspecified atom stereocenters. The lowest BCUT2D eigenvalue weighted by Crippen LogP contribution is -2.15. The van der Waals surface area contributed by atoms with Gasteiger partial charge in [0.05, 0.1) is 5.56 Å². The van der Waals surface area contributed by atoms with E-state index >= 15 is 0 Å². The van der Waals surface area contributed by atoms with Crippen LogP contribution in [-0.4, -0.2) is 33.2 Å². The standard InChI is InChI=1S/C11H10O7S/c1-3-5(11(17)18-19)4(2)7(10(15)16)8(12)6(3)9(13)14/h12,19H,1-2H3,(H,13,14)(H,15,16). The number of carbonyl (C=O) groups is 3. The molecular formula is C11H10O7S. The van der Waals surface area contributed by atoms with Crippen LogP contribution in [0.15, 0.2) is 0 Å².